The van der Waals surface area contributed by atoms with Crippen molar-refractivity contribution in [2.45, 2.75) is 130 Å². The molecule has 0 aromatic heterocycles. The lowest BCUT2D eigenvalue weighted by Crippen LogP contribution is -2.47. The molecular formula is C29H56N2O5. The van der Waals surface area contributed by atoms with Crippen molar-refractivity contribution in [1.82, 2.24) is 10.6 Å². The van der Waals surface area contributed by atoms with Gasteiger partial charge in [-0.25, -0.2) is 0 Å². The third-order valence-corrected chi connectivity index (χ3v) is 6.46. The molecule has 1 atom stereocenters. The van der Waals surface area contributed by atoms with Gasteiger partial charge in [-0.3, -0.25) is 14.4 Å². The Balaban J connectivity index is 4.09. The van der Waals surface area contributed by atoms with E-state index in [0.29, 0.717) is 39.2 Å². The maximum absolute atomic E-state index is 12.6. The van der Waals surface area contributed by atoms with Crippen LogP contribution in [0.15, 0.2) is 0 Å². The fourth-order valence-corrected chi connectivity index (χ4v) is 4.03. The molecule has 36 heavy (non-hydrogen) atoms. The summed E-state index contributed by atoms with van der Waals surface area (Å²) in [5.74, 6) is -0.363. The molecule has 0 aromatic rings. The number of rotatable bonds is 26. The average molecular weight is 513 g/mol. The van der Waals surface area contributed by atoms with E-state index in [2.05, 4.69) is 17.6 Å². The van der Waals surface area contributed by atoms with E-state index in [0.717, 1.165) is 19.3 Å². The van der Waals surface area contributed by atoms with E-state index in [-0.39, 0.29) is 29.9 Å². The second kappa shape index (κ2) is 25.2. The Bertz CT molecular complexity index is 554. The number of carbonyl (C=O) groups is 3. The minimum absolute atomic E-state index is 0.0793. The highest BCUT2D eigenvalue weighted by Gasteiger charge is 2.22. The van der Waals surface area contributed by atoms with Gasteiger partial charge in [-0.05, 0) is 12.8 Å². The van der Waals surface area contributed by atoms with Gasteiger partial charge in [0, 0.05) is 32.4 Å². The third-order valence-electron chi connectivity index (χ3n) is 6.46. The zero-order valence-electron chi connectivity index (χ0n) is 23.8. The molecule has 0 saturated carbocycles. The number of methoxy groups -OCH3 is 1. The quantitative estimate of drug-likeness (QED) is 0.144. The first kappa shape index (κ1) is 34.5. The smallest absolute Gasteiger partial charge is 0.242 e. The van der Waals surface area contributed by atoms with Crippen molar-refractivity contribution in [3.8, 4) is 0 Å². The van der Waals surface area contributed by atoms with Crippen LogP contribution in [0.4, 0.5) is 0 Å². The van der Waals surface area contributed by atoms with Crippen LogP contribution in [-0.2, 0) is 23.9 Å². The maximum Gasteiger partial charge on any atom is 0.242 e. The van der Waals surface area contributed by atoms with Crippen LogP contribution in [0, 0.1) is 5.92 Å². The van der Waals surface area contributed by atoms with Gasteiger partial charge in [0.15, 0.2) is 0 Å². The molecule has 212 valence electrons. The Hall–Kier alpha value is -1.47. The van der Waals surface area contributed by atoms with Crippen molar-refractivity contribution in [1.29, 1.82) is 0 Å². The molecule has 0 aliphatic carbocycles. The number of nitrogens with one attached hydrogen (secondary N) is 2. The molecule has 0 aromatic carbocycles. The van der Waals surface area contributed by atoms with Crippen molar-refractivity contribution in [2.75, 3.05) is 33.5 Å². The lowest BCUT2D eigenvalue weighted by Gasteiger charge is -2.19. The molecule has 0 aliphatic heterocycles. The van der Waals surface area contributed by atoms with Crippen LogP contribution < -0.4 is 10.6 Å². The largest absolute Gasteiger partial charge is 0.382 e. The summed E-state index contributed by atoms with van der Waals surface area (Å²) in [7, 11) is 1.61. The van der Waals surface area contributed by atoms with Crippen LogP contribution in [0.5, 0.6) is 0 Å². The first-order chi connectivity index (χ1) is 17.4. The Morgan fingerprint density at radius 3 is 1.81 bits per heavy atom. The van der Waals surface area contributed by atoms with Crippen LogP contribution in [0.25, 0.3) is 0 Å². The molecule has 0 bridgehead atoms. The lowest BCUT2D eigenvalue weighted by molar-refractivity contribution is -0.130. The molecule has 0 fully saturated rings. The average Bonchev–Trinajstić information content (AvgIpc) is 2.86. The summed E-state index contributed by atoms with van der Waals surface area (Å²) in [4.78, 5) is 37.1. The molecule has 7 heteroatoms. The van der Waals surface area contributed by atoms with Crippen LogP contribution in [0.1, 0.15) is 124 Å². The standard InChI is InChI=1S/C29H56N2O5/c1-5-6-7-8-9-10-11-12-13-14-15-16-17-18-28(33)31-26(19-20-27(32)25(2)3)29(34)30-21-22-36-24-23-35-4/h25-26H,5-24H2,1-4H3,(H,30,34)(H,31,33)/t26-/m0/s1. The number of ether oxygens (including phenoxy) is 2. The SMILES string of the molecule is CCCCCCCCCCCCCCCC(=O)N[C@@H](CCC(=O)C(C)C)C(=O)NCCOCCOC. The van der Waals surface area contributed by atoms with E-state index in [4.69, 9.17) is 9.47 Å². The molecule has 0 unspecified atom stereocenters. The second-order valence-electron chi connectivity index (χ2n) is 10.2. The molecular weight excluding hydrogens is 456 g/mol. The zero-order chi connectivity index (χ0) is 26.9. The van der Waals surface area contributed by atoms with Crippen LogP contribution in [0.3, 0.4) is 0 Å². The van der Waals surface area contributed by atoms with Gasteiger partial charge < -0.3 is 20.1 Å². The highest BCUT2D eigenvalue weighted by atomic mass is 16.5. The lowest BCUT2D eigenvalue weighted by atomic mass is 10.0. The minimum atomic E-state index is -0.693. The molecule has 0 saturated heterocycles. The topological polar surface area (TPSA) is 93.7 Å². The highest BCUT2D eigenvalue weighted by molar-refractivity contribution is 5.88. The monoisotopic (exact) mass is 512 g/mol. The number of unbranched alkanes of at least 4 members (excludes halogenated alkanes) is 12. The summed E-state index contributed by atoms with van der Waals surface area (Å²) in [5.41, 5.74) is 0. The van der Waals surface area contributed by atoms with Gasteiger partial charge in [-0.15, -0.1) is 0 Å². The van der Waals surface area contributed by atoms with E-state index in [9.17, 15) is 14.4 Å². The number of carbonyl (C=O) groups excluding carboxylic acids is 3. The number of ketones is 1. The molecule has 0 rings (SSSR count). The molecule has 7 nitrogen and oxygen atoms in total. The van der Waals surface area contributed by atoms with Crippen LogP contribution in [0.2, 0.25) is 0 Å². The Kier molecular flexibility index (Phi) is 24.2. The molecule has 0 radical (unpaired) electrons. The van der Waals surface area contributed by atoms with E-state index in [1.54, 1.807) is 7.11 Å². The predicted octanol–water partition coefficient (Wildman–Crippen LogP) is 5.74. The first-order valence-corrected chi connectivity index (χ1v) is 14.6. The number of Topliss-reactive ketones (excluding diaryl/α,β-unsaturated/α-hetero) is 1. The van der Waals surface area contributed by atoms with E-state index in [1.165, 1.54) is 64.2 Å². The van der Waals surface area contributed by atoms with Crippen LogP contribution in [-0.4, -0.2) is 57.1 Å². The van der Waals surface area contributed by atoms with E-state index < -0.39 is 6.04 Å². The Labute approximate surface area is 221 Å². The van der Waals surface area contributed by atoms with Crippen molar-refractivity contribution in [2.24, 2.45) is 5.92 Å². The van der Waals surface area contributed by atoms with Crippen molar-refractivity contribution >= 4 is 17.6 Å². The fourth-order valence-electron chi connectivity index (χ4n) is 4.03. The normalized spacial score (nSPS) is 12.0. The zero-order valence-corrected chi connectivity index (χ0v) is 23.8. The molecule has 0 spiro atoms. The summed E-state index contributed by atoms with van der Waals surface area (Å²) in [6.07, 6.45) is 17.4. The molecule has 0 aliphatic rings. The summed E-state index contributed by atoms with van der Waals surface area (Å²) in [6, 6.07) is -0.693. The van der Waals surface area contributed by atoms with Crippen molar-refractivity contribution < 1.29 is 23.9 Å². The third kappa shape index (κ3) is 21.8. The molecule has 2 N–H and O–H groups in total. The van der Waals surface area contributed by atoms with Gasteiger partial charge in [0.1, 0.15) is 11.8 Å². The number of hydrogen-bond acceptors (Lipinski definition) is 5. The fraction of sp³-hybridized carbons (Fsp3) is 0.897. The van der Waals surface area contributed by atoms with Gasteiger partial charge in [0.05, 0.1) is 19.8 Å². The summed E-state index contributed by atoms with van der Waals surface area (Å²) < 4.78 is 10.3. The van der Waals surface area contributed by atoms with Crippen LogP contribution >= 0.6 is 0 Å². The molecule has 0 heterocycles. The Morgan fingerprint density at radius 2 is 1.28 bits per heavy atom. The molecule has 2 amide bonds. The summed E-state index contributed by atoms with van der Waals surface area (Å²) >= 11 is 0. The highest BCUT2D eigenvalue weighted by Crippen LogP contribution is 2.13. The van der Waals surface area contributed by atoms with Gasteiger partial charge in [0.25, 0.3) is 0 Å². The Morgan fingerprint density at radius 1 is 0.722 bits per heavy atom. The maximum atomic E-state index is 12.6. The number of hydrogen-bond donors (Lipinski definition) is 2. The van der Waals surface area contributed by atoms with Gasteiger partial charge in [0.2, 0.25) is 11.8 Å². The summed E-state index contributed by atoms with van der Waals surface area (Å²) in [5, 5.41) is 5.66. The van der Waals surface area contributed by atoms with Crippen molar-refractivity contribution in [3.63, 3.8) is 0 Å². The van der Waals surface area contributed by atoms with Gasteiger partial charge >= 0.3 is 0 Å². The van der Waals surface area contributed by atoms with Gasteiger partial charge in [-0.1, -0.05) is 97.8 Å². The van der Waals surface area contributed by atoms with Gasteiger partial charge in [-0.2, -0.15) is 0 Å². The second-order valence-corrected chi connectivity index (χ2v) is 10.2. The number of amides is 2. The minimum Gasteiger partial charge on any atom is -0.382 e. The summed E-state index contributed by atoms with van der Waals surface area (Å²) in [6.45, 7) is 7.65. The van der Waals surface area contributed by atoms with E-state index >= 15 is 0 Å². The predicted molar refractivity (Wildman–Crippen MR) is 147 cm³/mol. The first-order valence-electron chi connectivity index (χ1n) is 14.6. The van der Waals surface area contributed by atoms with E-state index in [1.807, 2.05) is 13.8 Å². The van der Waals surface area contributed by atoms with Crippen molar-refractivity contribution in [3.05, 3.63) is 0 Å².